The van der Waals surface area contributed by atoms with Crippen LogP contribution in [-0.2, 0) is 4.79 Å². The summed E-state index contributed by atoms with van der Waals surface area (Å²) in [5.41, 5.74) is 2.44. The van der Waals surface area contributed by atoms with E-state index < -0.39 is 4.92 Å². The minimum atomic E-state index is -0.501. The zero-order valence-electron chi connectivity index (χ0n) is 13.0. The SMILES string of the molecule is Cc1ccc(C)c(OCCC(=O)Nc2cccc([N+](=O)[O-])c2)c1. The largest absolute Gasteiger partial charge is 0.493 e. The fourth-order valence-electron chi connectivity index (χ4n) is 2.04. The average molecular weight is 314 g/mol. The van der Waals surface area contributed by atoms with Crippen molar-refractivity contribution in [2.75, 3.05) is 11.9 Å². The van der Waals surface area contributed by atoms with Gasteiger partial charge < -0.3 is 10.1 Å². The molecule has 0 fully saturated rings. The maximum atomic E-state index is 11.9. The summed E-state index contributed by atoms with van der Waals surface area (Å²) in [4.78, 5) is 22.1. The molecule has 0 radical (unpaired) electrons. The Morgan fingerprint density at radius 1 is 1.22 bits per heavy atom. The molecule has 6 heteroatoms. The monoisotopic (exact) mass is 314 g/mol. The number of rotatable bonds is 6. The Labute approximate surface area is 134 Å². The number of nitrogens with zero attached hydrogens (tertiary/aromatic N) is 1. The lowest BCUT2D eigenvalue weighted by atomic mass is 10.1. The molecule has 0 atom stereocenters. The predicted octanol–water partition coefficient (Wildman–Crippen LogP) is 3.62. The van der Waals surface area contributed by atoms with Gasteiger partial charge in [0.2, 0.25) is 5.91 Å². The Balaban J connectivity index is 1.87. The molecule has 0 saturated carbocycles. The highest BCUT2D eigenvalue weighted by molar-refractivity contribution is 5.91. The highest BCUT2D eigenvalue weighted by atomic mass is 16.6. The van der Waals surface area contributed by atoms with Gasteiger partial charge in [-0.15, -0.1) is 0 Å². The van der Waals surface area contributed by atoms with Crippen molar-refractivity contribution >= 4 is 17.3 Å². The average Bonchev–Trinajstić information content (AvgIpc) is 2.51. The number of amides is 1. The van der Waals surface area contributed by atoms with E-state index in [4.69, 9.17) is 4.74 Å². The molecule has 0 bridgehead atoms. The number of hydrogen-bond acceptors (Lipinski definition) is 4. The first-order valence-electron chi connectivity index (χ1n) is 7.20. The molecule has 0 aliphatic rings. The Morgan fingerprint density at radius 3 is 2.74 bits per heavy atom. The van der Waals surface area contributed by atoms with Crippen molar-refractivity contribution in [3.05, 3.63) is 63.7 Å². The molecule has 2 rings (SSSR count). The normalized spacial score (nSPS) is 10.2. The molecule has 0 aliphatic heterocycles. The summed E-state index contributed by atoms with van der Waals surface area (Å²) >= 11 is 0. The summed E-state index contributed by atoms with van der Waals surface area (Å²) in [6.07, 6.45) is 0.163. The van der Waals surface area contributed by atoms with Crippen molar-refractivity contribution in [3.63, 3.8) is 0 Å². The predicted molar refractivity (Wildman–Crippen MR) is 87.8 cm³/mol. The van der Waals surface area contributed by atoms with E-state index in [2.05, 4.69) is 5.32 Å². The Hall–Kier alpha value is -2.89. The molecule has 0 aromatic heterocycles. The molecule has 2 aromatic rings. The number of carbonyl (C=O) groups excluding carboxylic acids is 1. The van der Waals surface area contributed by atoms with Crippen molar-refractivity contribution < 1.29 is 14.5 Å². The number of benzene rings is 2. The molecule has 120 valence electrons. The molecule has 0 spiro atoms. The lowest BCUT2D eigenvalue weighted by molar-refractivity contribution is -0.384. The molecule has 0 aliphatic carbocycles. The van der Waals surface area contributed by atoms with E-state index in [9.17, 15) is 14.9 Å². The zero-order valence-corrected chi connectivity index (χ0v) is 13.0. The molecule has 0 saturated heterocycles. The Bertz CT molecular complexity index is 728. The second kappa shape index (κ2) is 7.40. The van der Waals surface area contributed by atoms with E-state index >= 15 is 0 Å². The van der Waals surface area contributed by atoms with Crippen LogP contribution in [0, 0.1) is 24.0 Å². The topological polar surface area (TPSA) is 81.5 Å². The molecule has 6 nitrogen and oxygen atoms in total. The van der Waals surface area contributed by atoms with E-state index in [0.29, 0.717) is 5.69 Å². The summed E-state index contributed by atoms with van der Waals surface area (Å²) in [5, 5.41) is 13.3. The second-order valence-corrected chi connectivity index (χ2v) is 5.22. The van der Waals surface area contributed by atoms with Gasteiger partial charge in [0.25, 0.3) is 5.69 Å². The summed E-state index contributed by atoms with van der Waals surface area (Å²) in [7, 11) is 0. The van der Waals surface area contributed by atoms with Gasteiger partial charge in [0.1, 0.15) is 5.75 Å². The highest BCUT2D eigenvalue weighted by Gasteiger charge is 2.08. The standard InChI is InChI=1S/C17H18N2O4/c1-12-6-7-13(2)16(10-12)23-9-8-17(20)18-14-4-3-5-15(11-14)19(21)22/h3-7,10-11H,8-9H2,1-2H3,(H,18,20). The molecule has 0 unspecified atom stereocenters. The maximum Gasteiger partial charge on any atom is 0.271 e. The van der Waals surface area contributed by atoms with Crippen molar-refractivity contribution in [3.8, 4) is 5.75 Å². The number of nitro groups is 1. The van der Waals surface area contributed by atoms with Crippen LogP contribution in [0.25, 0.3) is 0 Å². The van der Waals surface area contributed by atoms with Crippen LogP contribution in [-0.4, -0.2) is 17.4 Å². The smallest absolute Gasteiger partial charge is 0.271 e. The van der Waals surface area contributed by atoms with Crippen molar-refractivity contribution in [1.29, 1.82) is 0 Å². The minimum absolute atomic E-state index is 0.0607. The fourth-order valence-corrected chi connectivity index (χ4v) is 2.04. The Morgan fingerprint density at radius 2 is 2.00 bits per heavy atom. The van der Waals surface area contributed by atoms with Crippen LogP contribution in [0.15, 0.2) is 42.5 Å². The highest BCUT2D eigenvalue weighted by Crippen LogP contribution is 2.20. The van der Waals surface area contributed by atoms with Crippen LogP contribution in [0.4, 0.5) is 11.4 Å². The van der Waals surface area contributed by atoms with E-state index in [1.165, 1.54) is 18.2 Å². The van der Waals surface area contributed by atoms with Crippen molar-refractivity contribution in [2.24, 2.45) is 0 Å². The third kappa shape index (κ3) is 4.81. The summed E-state index contributed by atoms with van der Waals surface area (Å²) in [6.45, 7) is 4.16. The van der Waals surface area contributed by atoms with Gasteiger partial charge >= 0.3 is 0 Å². The van der Waals surface area contributed by atoms with Crippen LogP contribution in [0.2, 0.25) is 0 Å². The number of anilines is 1. The molecule has 1 N–H and O–H groups in total. The Kier molecular flexibility index (Phi) is 5.30. The van der Waals surface area contributed by atoms with E-state index in [1.807, 2.05) is 32.0 Å². The first kappa shape index (κ1) is 16.5. The molecule has 2 aromatic carbocycles. The molecule has 1 amide bonds. The third-order valence-electron chi connectivity index (χ3n) is 3.27. The quantitative estimate of drug-likeness (QED) is 0.652. The van der Waals surface area contributed by atoms with E-state index in [1.54, 1.807) is 6.07 Å². The van der Waals surface area contributed by atoms with Crippen LogP contribution in [0.1, 0.15) is 17.5 Å². The minimum Gasteiger partial charge on any atom is -0.493 e. The number of nitrogens with one attached hydrogen (secondary N) is 1. The zero-order chi connectivity index (χ0) is 16.8. The molecule has 0 heterocycles. The van der Waals surface area contributed by atoms with Gasteiger partial charge in [-0.2, -0.15) is 0 Å². The number of non-ortho nitro benzene ring substituents is 1. The van der Waals surface area contributed by atoms with Crippen LogP contribution in [0.3, 0.4) is 0 Å². The lowest BCUT2D eigenvalue weighted by Crippen LogP contribution is -2.15. The van der Waals surface area contributed by atoms with Crippen molar-refractivity contribution in [1.82, 2.24) is 0 Å². The summed E-state index contributed by atoms with van der Waals surface area (Å²) in [6, 6.07) is 11.7. The van der Waals surface area contributed by atoms with Crippen molar-refractivity contribution in [2.45, 2.75) is 20.3 Å². The molecular formula is C17H18N2O4. The van der Waals surface area contributed by atoms with Crippen LogP contribution >= 0.6 is 0 Å². The lowest BCUT2D eigenvalue weighted by Gasteiger charge is -2.10. The molecule has 23 heavy (non-hydrogen) atoms. The number of hydrogen-bond donors (Lipinski definition) is 1. The van der Waals surface area contributed by atoms with Gasteiger partial charge in [-0.05, 0) is 37.1 Å². The summed E-state index contributed by atoms with van der Waals surface area (Å²) in [5.74, 6) is 0.504. The first-order chi connectivity index (χ1) is 11.0. The van der Waals surface area contributed by atoms with E-state index in [0.717, 1.165) is 16.9 Å². The van der Waals surface area contributed by atoms with Gasteiger partial charge in [0.15, 0.2) is 0 Å². The third-order valence-corrected chi connectivity index (χ3v) is 3.27. The van der Waals surface area contributed by atoms with Gasteiger partial charge in [0, 0.05) is 17.8 Å². The number of nitro benzene ring substituents is 1. The van der Waals surface area contributed by atoms with Crippen LogP contribution < -0.4 is 10.1 Å². The molecular weight excluding hydrogens is 296 g/mol. The van der Waals surface area contributed by atoms with E-state index in [-0.39, 0.29) is 24.6 Å². The van der Waals surface area contributed by atoms with Gasteiger partial charge in [0.05, 0.1) is 18.0 Å². The number of ether oxygens (including phenoxy) is 1. The first-order valence-corrected chi connectivity index (χ1v) is 7.20. The summed E-state index contributed by atoms with van der Waals surface area (Å²) < 4.78 is 5.62. The van der Waals surface area contributed by atoms with Gasteiger partial charge in [-0.1, -0.05) is 18.2 Å². The maximum absolute atomic E-state index is 11.9. The van der Waals surface area contributed by atoms with Gasteiger partial charge in [-0.25, -0.2) is 0 Å². The number of aryl methyl sites for hydroxylation is 2. The fraction of sp³-hybridized carbons (Fsp3) is 0.235. The van der Waals surface area contributed by atoms with Gasteiger partial charge in [-0.3, -0.25) is 14.9 Å². The second-order valence-electron chi connectivity index (χ2n) is 5.22. The number of carbonyl (C=O) groups is 1. The van der Waals surface area contributed by atoms with Crippen LogP contribution in [0.5, 0.6) is 5.75 Å².